The summed E-state index contributed by atoms with van der Waals surface area (Å²) in [6, 6.07) is 8.60. The molecular formula is C10H7FN2O. The normalized spacial score (nSPS) is 10.1. The van der Waals surface area contributed by atoms with Crippen LogP contribution in [0.5, 0.6) is 0 Å². The maximum atomic E-state index is 13.2. The van der Waals surface area contributed by atoms with Crippen LogP contribution in [0.1, 0.15) is 0 Å². The zero-order chi connectivity index (χ0) is 9.97. The van der Waals surface area contributed by atoms with E-state index in [1.54, 1.807) is 30.3 Å². The average molecular weight is 190 g/mol. The summed E-state index contributed by atoms with van der Waals surface area (Å²) in [7, 11) is 0. The molecule has 2 rings (SSSR count). The summed E-state index contributed by atoms with van der Waals surface area (Å²) in [6.07, 6.45) is 1.05. The highest BCUT2D eigenvalue weighted by molar-refractivity contribution is 5.61. The number of hydrogen-bond donors (Lipinski definition) is 1. The predicted molar refractivity (Wildman–Crippen MR) is 50.3 cm³/mol. The molecule has 0 fully saturated rings. The molecule has 14 heavy (non-hydrogen) atoms. The highest BCUT2D eigenvalue weighted by Gasteiger charge is 2.09. The Kier molecular flexibility index (Phi) is 2.10. The average Bonchev–Trinajstić information content (AvgIpc) is 2.19. The van der Waals surface area contributed by atoms with Gasteiger partial charge in [-0.05, 0) is 5.56 Å². The smallest absolute Gasteiger partial charge is 0.261 e. The van der Waals surface area contributed by atoms with Gasteiger partial charge < -0.3 is 4.98 Å². The number of nitrogens with zero attached hydrogens (tertiary/aromatic N) is 1. The fourth-order valence-electron chi connectivity index (χ4n) is 1.23. The van der Waals surface area contributed by atoms with Crippen molar-refractivity contribution in [3.8, 4) is 11.1 Å². The van der Waals surface area contributed by atoms with Crippen LogP contribution < -0.4 is 5.56 Å². The molecule has 0 spiro atoms. The lowest BCUT2D eigenvalue weighted by Crippen LogP contribution is -2.11. The minimum Gasteiger partial charge on any atom is -0.312 e. The Hall–Kier alpha value is -1.97. The summed E-state index contributed by atoms with van der Waals surface area (Å²) >= 11 is 0. The number of nitrogens with one attached hydrogen (secondary N) is 1. The van der Waals surface area contributed by atoms with Crippen molar-refractivity contribution in [1.29, 1.82) is 0 Å². The summed E-state index contributed by atoms with van der Waals surface area (Å²) in [6.45, 7) is 0. The largest absolute Gasteiger partial charge is 0.312 e. The molecule has 0 amide bonds. The molecule has 1 aromatic heterocycles. The Balaban J connectivity index is 2.69. The van der Waals surface area contributed by atoms with Crippen molar-refractivity contribution in [2.75, 3.05) is 0 Å². The lowest BCUT2D eigenvalue weighted by atomic mass is 10.1. The van der Waals surface area contributed by atoms with Gasteiger partial charge in [-0.15, -0.1) is 0 Å². The molecule has 0 aliphatic rings. The number of benzene rings is 1. The molecule has 0 aliphatic carbocycles. The highest BCUT2D eigenvalue weighted by atomic mass is 19.1. The van der Waals surface area contributed by atoms with Crippen LogP contribution in [-0.4, -0.2) is 9.97 Å². The fourth-order valence-corrected chi connectivity index (χ4v) is 1.23. The molecule has 1 heterocycles. The van der Waals surface area contributed by atoms with Gasteiger partial charge in [-0.25, -0.2) is 4.98 Å². The molecule has 3 nitrogen and oxygen atoms in total. The second-order valence-electron chi connectivity index (χ2n) is 2.76. The van der Waals surface area contributed by atoms with Crippen molar-refractivity contribution in [3.63, 3.8) is 0 Å². The van der Waals surface area contributed by atoms with Gasteiger partial charge in [0, 0.05) is 0 Å². The molecule has 1 aromatic carbocycles. The van der Waals surface area contributed by atoms with E-state index in [-0.39, 0.29) is 5.56 Å². The van der Waals surface area contributed by atoms with E-state index in [2.05, 4.69) is 9.97 Å². The van der Waals surface area contributed by atoms with E-state index in [1.165, 1.54) is 0 Å². The van der Waals surface area contributed by atoms with Gasteiger partial charge in [0.2, 0.25) is 5.95 Å². The van der Waals surface area contributed by atoms with Crippen LogP contribution in [0.15, 0.2) is 41.5 Å². The van der Waals surface area contributed by atoms with Gasteiger partial charge >= 0.3 is 0 Å². The lowest BCUT2D eigenvalue weighted by molar-refractivity contribution is 0.581. The van der Waals surface area contributed by atoms with Gasteiger partial charge in [0.1, 0.15) is 5.56 Å². The molecule has 70 valence electrons. The Morgan fingerprint density at radius 1 is 1.21 bits per heavy atom. The lowest BCUT2D eigenvalue weighted by Gasteiger charge is -1.99. The minimum absolute atomic E-state index is 0.0203. The van der Waals surface area contributed by atoms with Gasteiger partial charge in [-0.1, -0.05) is 30.3 Å². The van der Waals surface area contributed by atoms with E-state index in [4.69, 9.17) is 0 Å². The number of halogens is 1. The SMILES string of the molecule is O=c1[nH]cnc(F)c1-c1ccccc1. The molecule has 0 saturated carbocycles. The van der Waals surface area contributed by atoms with E-state index >= 15 is 0 Å². The Morgan fingerprint density at radius 2 is 1.93 bits per heavy atom. The van der Waals surface area contributed by atoms with Gasteiger partial charge in [0.15, 0.2) is 0 Å². The molecule has 2 aromatic rings. The predicted octanol–water partition coefficient (Wildman–Crippen LogP) is 1.58. The van der Waals surface area contributed by atoms with Gasteiger partial charge in [-0.3, -0.25) is 4.79 Å². The first-order valence-corrected chi connectivity index (χ1v) is 4.07. The Morgan fingerprint density at radius 3 is 2.57 bits per heavy atom. The second-order valence-corrected chi connectivity index (χ2v) is 2.76. The van der Waals surface area contributed by atoms with Crippen molar-refractivity contribution in [1.82, 2.24) is 9.97 Å². The van der Waals surface area contributed by atoms with Gasteiger partial charge in [-0.2, -0.15) is 4.39 Å². The molecule has 0 saturated heterocycles. The van der Waals surface area contributed by atoms with Gasteiger partial charge in [0.05, 0.1) is 6.33 Å². The van der Waals surface area contributed by atoms with Crippen molar-refractivity contribution in [2.45, 2.75) is 0 Å². The van der Waals surface area contributed by atoms with E-state index in [0.717, 1.165) is 6.33 Å². The van der Waals surface area contributed by atoms with Crippen molar-refractivity contribution < 1.29 is 4.39 Å². The van der Waals surface area contributed by atoms with Crippen LogP contribution in [0.3, 0.4) is 0 Å². The quantitative estimate of drug-likeness (QED) is 0.694. The second kappa shape index (κ2) is 3.41. The zero-order valence-electron chi connectivity index (χ0n) is 7.20. The van der Waals surface area contributed by atoms with Crippen LogP contribution in [0.25, 0.3) is 11.1 Å². The van der Waals surface area contributed by atoms with Crippen LogP contribution in [-0.2, 0) is 0 Å². The zero-order valence-corrected chi connectivity index (χ0v) is 7.20. The number of rotatable bonds is 1. The first-order chi connectivity index (χ1) is 6.79. The molecule has 0 aliphatic heterocycles. The molecule has 0 atom stereocenters. The summed E-state index contributed by atoms with van der Waals surface area (Å²) < 4.78 is 13.2. The molecule has 0 unspecified atom stereocenters. The molecule has 0 radical (unpaired) electrons. The van der Waals surface area contributed by atoms with Crippen LogP contribution >= 0.6 is 0 Å². The number of H-pyrrole nitrogens is 1. The van der Waals surface area contributed by atoms with Crippen LogP contribution in [0.4, 0.5) is 4.39 Å². The standard InChI is InChI=1S/C10H7FN2O/c11-9-8(10(14)13-6-12-9)7-4-2-1-3-5-7/h1-6H,(H,12,13,14). The van der Waals surface area contributed by atoms with Crippen molar-refractivity contribution in [2.24, 2.45) is 0 Å². The minimum atomic E-state index is -0.750. The Bertz CT molecular complexity index is 493. The highest BCUT2D eigenvalue weighted by Crippen LogP contribution is 2.15. The summed E-state index contributed by atoms with van der Waals surface area (Å²) in [4.78, 5) is 17.0. The molecule has 1 N–H and O–H groups in total. The first-order valence-electron chi connectivity index (χ1n) is 4.07. The molecular weight excluding hydrogens is 183 g/mol. The maximum Gasteiger partial charge on any atom is 0.261 e. The monoisotopic (exact) mass is 190 g/mol. The summed E-state index contributed by atoms with van der Waals surface area (Å²) in [5.41, 5.74) is 0.0381. The number of aromatic amines is 1. The Labute approximate surface area is 79.3 Å². The van der Waals surface area contributed by atoms with E-state index in [0.29, 0.717) is 5.56 Å². The third-order valence-corrected chi connectivity index (χ3v) is 1.87. The van der Waals surface area contributed by atoms with E-state index < -0.39 is 11.5 Å². The van der Waals surface area contributed by atoms with Crippen LogP contribution in [0, 0.1) is 5.95 Å². The molecule has 4 heteroatoms. The third kappa shape index (κ3) is 1.42. The van der Waals surface area contributed by atoms with E-state index in [1.807, 2.05) is 0 Å². The van der Waals surface area contributed by atoms with Crippen molar-refractivity contribution >= 4 is 0 Å². The van der Waals surface area contributed by atoms with Crippen molar-refractivity contribution in [3.05, 3.63) is 53.0 Å². The fraction of sp³-hybridized carbons (Fsp3) is 0. The maximum absolute atomic E-state index is 13.2. The number of aromatic nitrogens is 2. The van der Waals surface area contributed by atoms with E-state index in [9.17, 15) is 9.18 Å². The van der Waals surface area contributed by atoms with Gasteiger partial charge in [0.25, 0.3) is 5.56 Å². The number of hydrogen-bond acceptors (Lipinski definition) is 2. The van der Waals surface area contributed by atoms with Crippen LogP contribution in [0.2, 0.25) is 0 Å². The summed E-state index contributed by atoms with van der Waals surface area (Å²) in [5.74, 6) is -0.750. The first kappa shape index (κ1) is 8.62. The topological polar surface area (TPSA) is 45.8 Å². The third-order valence-electron chi connectivity index (χ3n) is 1.87. The summed E-state index contributed by atoms with van der Waals surface area (Å²) in [5, 5.41) is 0. The molecule has 0 bridgehead atoms.